The van der Waals surface area contributed by atoms with Crippen LogP contribution in [0.15, 0.2) is 0 Å². The van der Waals surface area contributed by atoms with Gasteiger partial charge in [0.2, 0.25) is 0 Å². The van der Waals surface area contributed by atoms with Gasteiger partial charge in [0.1, 0.15) is 0 Å². The summed E-state index contributed by atoms with van der Waals surface area (Å²) in [5, 5.41) is 22.3. The van der Waals surface area contributed by atoms with Crippen LogP contribution >= 0.6 is 0 Å². The summed E-state index contributed by atoms with van der Waals surface area (Å²) < 4.78 is 0. The van der Waals surface area contributed by atoms with Crippen molar-refractivity contribution in [2.45, 2.75) is 57.3 Å². The Labute approximate surface area is 177 Å². The Bertz CT molecular complexity index is 559. The molecule has 0 spiro atoms. The maximum atomic E-state index is 11.2. The smallest absolute Gasteiger partial charge is 0.0940 e. The van der Waals surface area contributed by atoms with E-state index >= 15 is 0 Å². The summed E-state index contributed by atoms with van der Waals surface area (Å²) in [7, 11) is 2.10. The highest BCUT2D eigenvalue weighted by Gasteiger charge is 2.51. The van der Waals surface area contributed by atoms with E-state index in [4.69, 9.17) is 0 Å². The number of nitrogens with zero attached hydrogens (tertiary/aromatic N) is 4. The molecule has 0 aromatic heterocycles. The molecular formula is C23H44N4O2. The van der Waals surface area contributed by atoms with Crippen molar-refractivity contribution in [1.82, 2.24) is 19.6 Å². The van der Waals surface area contributed by atoms with Gasteiger partial charge in [0.15, 0.2) is 0 Å². The third-order valence-corrected chi connectivity index (χ3v) is 8.37. The Balaban J connectivity index is 1.32. The van der Waals surface area contributed by atoms with Gasteiger partial charge < -0.3 is 24.9 Å². The second kappa shape index (κ2) is 8.36. The van der Waals surface area contributed by atoms with Crippen LogP contribution in [0.2, 0.25) is 0 Å². The van der Waals surface area contributed by atoms with Crippen LogP contribution < -0.4 is 0 Å². The summed E-state index contributed by atoms with van der Waals surface area (Å²) in [5.74, 6) is 1.40. The Morgan fingerprint density at radius 3 is 2.24 bits per heavy atom. The number of hydrogen-bond donors (Lipinski definition) is 2. The minimum atomic E-state index is -0.498. The molecule has 6 nitrogen and oxygen atoms in total. The van der Waals surface area contributed by atoms with Gasteiger partial charge in [-0.1, -0.05) is 6.92 Å². The zero-order chi connectivity index (χ0) is 20.8. The minimum Gasteiger partial charge on any atom is -0.387 e. The highest BCUT2D eigenvalue weighted by Crippen LogP contribution is 2.39. The van der Waals surface area contributed by atoms with E-state index in [1.807, 2.05) is 0 Å². The Morgan fingerprint density at radius 1 is 0.931 bits per heavy atom. The fourth-order valence-electron chi connectivity index (χ4n) is 6.59. The van der Waals surface area contributed by atoms with Crippen LogP contribution in [0.5, 0.6) is 0 Å². The second-order valence-electron chi connectivity index (χ2n) is 11.1. The molecule has 2 N–H and O–H groups in total. The molecule has 0 saturated carbocycles. The highest BCUT2D eigenvalue weighted by atomic mass is 16.3. The largest absolute Gasteiger partial charge is 0.387 e. The molecule has 0 aliphatic carbocycles. The van der Waals surface area contributed by atoms with E-state index in [9.17, 15) is 10.2 Å². The lowest BCUT2D eigenvalue weighted by atomic mass is 9.72. The van der Waals surface area contributed by atoms with Gasteiger partial charge in [0.05, 0.1) is 11.2 Å². The first-order valence-electron chi connectivity index (χ1n) is 12.0. The van der Waals surface area contributed by atoms with Gasteiger partial charge in [-0.2, -0.15) is 0 Å². The molecule has 0 radical (unpaired) electrons. The molecule has 4 aliphatic heterocycles. The lowest BCUT2D eigenvalue weighted by Crippen LogP contribution is -2.69. The van der Waals surface area contributed by atoms with Gasteiger partial charge in [-0.05, 0) is 59.2 Å². The number of likely N-dealkylation sites (N-methyl/N-ethyl adjacent to an activating group) is 1. The topological polar surface area (TPSA) is 53.4 Å². The van der Waals surface area contributed by atoms with Crippen LogP contribution in [0.25, 0.3) is 0 Å². The van der Waals surface area contributed by atoms with Gasteiger partial charge >= 0.3 is 0 Å². The number of likely N-dealkylation sites (tertiary alicyclic amines) is 4. The second-order valence-corrected chi connectivity index (χ2v) is 11.1. The maximum absolute atomic E-state index is 11.2. The van der Waals surface area contributed by atoms with Crippen molar-refractivity contribution in [3.05, 3.63) is 0 Å². The first kappa shape index (κ1) is 22.0. The number of aliphatic hydroxyl groups is 2. The minimum absolute atomic E-state index is 0.372. The van der Waals surface area contributed by atoms with Gasteiger partial charge in [-0.25, -0.2) is 0 Å². The van der Waals surface area contributed by atoms with Crippen molar-refractivity contribution in [2.75, 3.05) is 72.5 Å². The van der Waals surface area contributed by atoms with Gasteiger partial charge in [-0.15, -0.1) is 0 Å². The Hall–Kier alpha value is -0.240. The molecular weight excluding hydrogens is 364 g/mol. The van der Waals surface area contributed by atoms with Crippen LogP contribution in [0.3, 0.4) is 0 Å². The molecule has 168 valence electrons. The molecule has 29 heavy (non-hydrogen) atoms. The number of hydrogen-bond acceptors (Lipinski definition) is 6. The molecule has 0 bridgehead atoms. The summed E-state index contributed by atoms with van der Waals surface area (Å²) in [5.41, 5.74) is -0.976. The third-order valence-electron chi connectivity index (χ3n) is 8.37. The van der Waals surface area contributed by atoms with Gasteiger partial charge in [0.25, 0.3) is 0 Å². The van der Waals surface area contributed by atoms with Gasteiger partial charge in [-0.3, -0.25) is 4.90 Å². The van der Waals surface area contributed by atoms with Crippen molar-refractivity contribution in [3.8, 4) is 0 Å². The molecule has 2 unspecified atom stereocenters. The van der Waals surface area contributed by atoms with Crippen molar-refractivity contribution in [2.24, 2.45) is 17.8 Å². The molecule has 4 rings (SSSR count). The summed E-state index contributed by atoms with van der Waals surface area (Å²) in [6.45, 7) is 16.7. The number of β-amino-alcohol motifs (C(OH)–C–C–N with tert-alkyl or cyclic N) is 2. The first-order valence-corrected chi connectivity index (χ1v) is 12.0. The van der Waals surface area contributed by atoms with Crippen molar-refractivity contribution >= 4 is 0 Å². The molecule has 4 fully saturated rings. The zero-order valence-electron chi connectivity index (χ0n) is 19.2. The van der Waals surface area contributed by atoms with E-state index in [-0.39, 0.29) is 0 Å². The van der Waals surface area contributed by atoms with Crippen molar-refractivity contribution < 1.29 is 10.2 Å². The third kappa shape index (κ3) is 4.53. The SMILES string of the molecule is CCN1CCC[C@H](C2(O)CN(CC3CC(C4(O)CN(C)C4)CN(C(C)C)C3)C2)C1. The molecule has 4 aliphatic rings. The van der Waals surface area contributed by atoms with Gasteiger partial charge in [0, 0.05) is 70.2 Å². The summed E-state index contributed by atoms with van der Waals surface area (Å²) in [6, 6.07) is 0.525. The lowest BCUT2D eigenvalue weighted by molar-refractivity contribution is -0.165. The van der Waals surface area contributed by atoms with Crippen LogP contribution in [-0.2, 0) is 0 Å². The van der Waals surface area contributed by atoms with E-state index in [0.29, 0.717) is 23.8 Å². The average Bonchev–Trinajstić information content (AvgIpc) is 2.65. The number of rotatable bonds is 6. The first-order chi connectivity index (χ1) is 13.7. The predicted molar refractivity (Wildman–Crippen MR) is 117 cm³/mol. The van der Waals surface area contributed by atoms with E-state index in [1.54, 1.807) is 0 Å². The average molecular weight is 409 g/mol. The summed E-state index contributed by atoms with van der Waals surface area (Å²) in [6.07, 6.45) is 3.52. The maximum Gasteiger partial charge on any atom is 0.0940 e. The Kier molecular flexibility index (Phi) is 6.33. The van der Waals surface area contributed by atoms with E-state index in [2.05, 4.69) is 47.4 Å². The summed E-state index contributed by atoms with van der Waals surface area (Å²) >= 11 is 0. The fraction of sp³-hybridized carbons (Fsp3) is 1.00. The monoisotopic (exact) mass is 408 g/mol. The van der Waals surface area contributed by atoms with Crippen LogP contribution in [-0.4, -0.2) is 120 Å². The molecule has 4 saturated heterocycles. The molecule has 4 heterocycles. The van der Waals surface area contributed by atoms with Crippen LogP contribution in [0.4, 0.5) is 0 Å². The molecule has 0 amide bonds. The molecule has 0 aromatic carbocycles. The fourth-order valence-corrected chi connectivity index (χ4v) is 6.59. The predicted octanol–water partition coefficient (Wildman–Crippen LogP) is 0.788. The zero-order valence-corrected chi connectivity index (χ0v) is 19.2. The molecule has 3 atom stereocenters. The van der Waals surface area contributed by atoms with E-state index in [1.165, 1.54) is 19.4 Å². The number of piperidine rings is 2. The molecule has 6 heteroatoms. The van der Waals surface area contributed by atoms with Crippen LogP contribution in [0.1, 0.15) is 40.0 Å². The standard InChI is InChI=1S/C23H44N4O2/c1-5-25-8-6-7-20(12-25)23(29)16-26(17-23)10-19-9-21(13-27(11-19)18(2)3)22(28)14-24(4)15-22/h18-21,28-29H,5-17H2,1-4H3/t19?,20-,21?/m0/s1. The normalized spacial score (nSPS) is 36.7. The van der Waals surface area contributed by atoms with Crippen LogP contribution in [0, 0.1) is 17.8 Å². The quantitative estimate of drug-likeness (QED) is 0.678. The van der Waals surface area contributed by atoms with E-state index < -0.39 is 11.2 Å². The van der Waals surface area contributed by atoms with Crippen molar-refractivity contribution in [1.29, 1.82) is 0 Å². The lowest BCUT2D eigenvalue weighted by Gasteiger charge is -2.56. The van der Waals surface area contributed by atoms with Crippen molar-refractivity contribution in [3.63, 3.8) is 0 Å². The highest BCUT2D eigenvalue weighted by molar-refractivity contribution is 5.05. The Morgan fingerprint density at radius 2 is 1.62 bits per heavy atom. The molecule has 0 aromatic rings. The summed E-state index contributed by atoms with van der Waals surface area (Å²) in [4.78, 5) is 9.77. The van der Waals surface area contributed by atoms with E-state index in [0.717, 1.165) is 65.3 Å².